The number of pyridine rings is 1. The van der Waals surface area contributed by atoms with Crippen LogP contribution in [0.2, 0.25) is 5.02 Å². The number of carbonyl (C=O) groups excluding carboxylic acids is 2. The number of aromatic nitrogens is 1. The van der Waals surface area contributed by atoms with Crippen molar-refractivity contribution in [3.8, 4) is 0 Å². The Kier molecular flexibility index (Phi) is 4.87. The summed E-state index contributed by atoms with van der Waals surface area (Å²) in [5.41, 5.74) is 0.598. The number of esters is 1. The molecule has 0 radical (unpaired) electrons. The van der Waals surface area contributed by atoms with Crippen LogP contribution in [0.5, 0.6) is 0 Å². The molecule has 0 spiro atoms. The highest BCUT2D eigenvalue weighted by Crippen LogP contribution is 2.16. The highest BCUT2D eigenvalue weighted by atomic mass is 79.9. The summed E-state index contributed by atoms with van der Waals surface area (Å²) in [5.74, 6) is -0.967. The first-order chi connectivity index (χ1) is 9.58. The van der Waals surface area contributed by atoms with Gasteiger partial charge in [-0.1, -0.05) is 23.7 Å². The van der Waals surface area contributed by atoms with Gasteiger partial charge in [-0.05, 0) is 34.1 Å². The molecule has 0 saturated heterocycles. The molecule has 0 saturated carbocycles. The standard InChI is InChI=1S/C14H9BrClNO3/c15-10-5-9(6-17-7-10)14(19)20-8-13(18)11-3-1-2-4-12(11)16/h1-7H,8H2. The van der Waals surface area contributed by atoms with Gasteiger partial charge in [-0.15, -0.1) is 0 Å². The van der Waals surface area contributed by atoms with E-state index in [4.69, 9.17) is 16.3 Å². The lowest BCUT2D eigenvalue weighted by molar-refractivity contribution is 0.0474. The van der Waals surface area contributed by atoms with E-state index in [9.17, 15) is 9.59 Å². The molecule has 0 bridgehead atoms. The Morgan fingerprint density at radius 3 is 2.70 bits per heavy atom. The zero-order valence-corrected chi connectivity index (χ0v) is 12.5. The summed E-state index contributed by atoms with van der Waals surface area (Å²) in [6, 6.07) is 8.17. The van der Waals surface area contributed by atoms with Crippen molar-refractivity contribution in [3.63, 3.8) is 0 Å². The van der Waals surface area contributed by atoms with E-state index < -0.39 is 5.97 Å². The molecule has 0 aliphatic carbocycles. The van der Waals surface area contributed by atoms with E-state index in [2.05, 4.69) is 20.9 Å². The molecule has 20 heavy (non-hydrogen) atoms. The SMILES string of the molecule is O=C(OCC(=O)c1ccccc1Cl)c1cncc(Br)c1. The summed E-state index contributed by atoms with van der Waals surface area (Å²) in [5, 5.41) is 0.331. The van der Waals surface area contributed by atoms with Gasteiger partial charge in [0.25, 0.3) is 0 Å². The largest absolute Gasteiger partial charge is 0.454 e. The van der Waals surface area contributed by atoms with Gasteiger partial charge >= 0.3 is 5.97 Å². The average molecular weight is 355 g/mol. The maximum Gasteiger partial charge on any atom is 0.340 e. The van der Waals surface area contributed by atoms with Crippen LogP contribution < -0.4 is 0 Å². The van der Waals surface area contributed by atoms with Crippen LogP contribution in [0, 0.1) is 0 Å². The van der Waals surface area contributed by atoms with Crippen molar-refractivity contribution in [2.75, 3.05) is 6.61 Å². The van der Waals surface area contributed by atoms with Gasteiger partial charge in [0.1, 0.15) is 0 Å². The average Bonchev–Trinajstić information content (AvgIpc) is 2.45. The molecular weight excluding hydrogens is 346 g/mol. The van der Waals surface area contributed by atoms with Crippen molar-refractivity contribution in [2.45, 2.75) is 0 Å². The van der Waals surface area contributed by atoms with Gasteiger partial charge in [-0.2, -0.15) is 0 Å². The van der Waals surface area contributed by atoms with Gasteiger partial charge in [0.05, 0.1) is 10.6 Å². The molecule has 6 heteroatoms. The van der Waals surface area contributed by atoms with Crippen LogP contribution in [0.15, 0.2) is 47.2 Å². The molecule has 0 aliphatic rings. The van der Waals surface area contributed by atoms with Gasteiger partial charge in [0.15, 0.2) is 6.61 Å². The van der Waals surface area contributed by atoms with E-state index >= 15 is 0 Å². The maximum absolute atomic E-state index is 11.9. The molecule has 2 rings (SSSR count). The van der Waals surface area contributed by atoms with E-state index in [1.807, 2.05) is 0 Å². The number of rotatable bonds is 4. The summed E-state index contributed by atoms with van der Waals surface area (Å²) < 4.78 is 5.60. The quantitative estimate of drug-likeness (QED) is 0.622. The third kappa shape index (κ3) is 3.65. The molecule has 1 heterocycles. The summed E-state index contributed by atoms with van der Waals surface area (Å²) in [6.07, 6.45) is 2.92. The van der Waals surface area contributed by atoms with Crippen LogP contribution in [0.4, 0.5) is 0 Å². The fourth-order valence-electron chi connectivity index (χ4n) is 1.50. The number of hydrogen-bond acceptors (Lipinski definition) is 4. The second-order valence-corrected chi connectivity index (χ2v) is 5.19. The number of hydrogen-bond donors (Lipinski definition) is 0. The highest BCUT2D eigenvalue weighted by Gasteiger charge is 2.14. The second-order valence-electron chi connectivity index (χ2n) is 3.87. The molecular formula is C14H9BrClNO3. The number of ether oxygens (including phenoxy) is 1. The fraction of sp³-hybridized carbons (Fsp3) is 0.0714. The monoisotopic (exact) mass is 353 g/mol. The van der Waals surface area contributed by atoms with Crippen LogP contribution in [-0.2, 0) is 4.74 Å². The van der Waals surface area contributed by atoms with Gasteiger partial charge < -0.3 is 4.74 Å². The predicted molar refractivity (Wildman–Crippen MR) is 78.0 cm³/mol. The van der Waals surface area contributed by atoms with Gasteiger partial charge in [-0.3, -0.25) is 9.78 Å². The minimum absolute atomic E-state index is 0.270. The van der Waals surface area contributed by atoms with E-state index in [1.54, 1.807) is 36.5 Å². The number of benzene rings is 1. The van der Waals surface area contributed by atoms with Crippen molar-refractivity contribution >= 4 is 39.3 Å². The first-order valence-electron chi connectivity index (χ1n) is 5.63. The molecule has 102 valence electrons. The smallest absolute Gasteiger partial charge is 0.340 e. The third-order valence-corrected chi connectivity index (χ3v) is 3.21. The first-order valence-corrected chi connectivity index (χ1v) is 6.80. The van der Waals surface area contributed by atoms with Crippen LogP contribution in [-0.4, -0.2) is 23.3 Å². The lowest BCUT2D eigenvalue weighted by Crippen LogP contribution is -2.14. The highest BCUT2D eigenvalue weighted by molar-refractivity contribution is 9.10. The Balaban J connectivity index is 2.01. The van der Waals surface area contributed by atoms with Gasteiger partial charge in [-0.25, -0.2) is 4.79 Å². The van der Waals surface area contributed by atoms with Crippen molar-refractivity contribution < 1.29 is 14.3 Å². The van der Waals surface area contributed by atoms with Crippen LogP contribution in [0.1, 0.15) is 20.7 Å². The molecule has 2 aromatic rings. The Hall–Kier alpha value is -1.72. The van der Waals surface area contributed by atoms with Gasteiger partial charge in [0.2, 0.25) is 5.78 Å². The molecule has 4 nitrogen and oxygen atoms in total. The third-order valence-electron chi connectivity index (χ3n) is 2.45. The van der Waals surface area contributed by atoms with Crippen molar-refractivity contribution in [1.82, 2.24) is 4.98 Å². The number of carbonyl (C=O) groups is 2. The van der Waals surface area contributed by atoms with Crippen LogP contribution >= 0.6 is 27.5 Å². The number of ketones is 1. The number of halogens is 2. The molecule has 0 N–H and O–H groups in total. The van der Waals surface area contributed by atoms with Crippen molar-refractivity contribution in [3.05, 3.63) is 63.3 Å². The van der Waals surface area contributed by atoms with E-state index in [1.165, 1.54) is 6.20 Å². The number of nitrogens with zero attached hydrogens (tertiary/aromatic N) is 1. The minimum Gasteiger partial charge on any atom is -0.454 e. The summed E-state index contributed by atoms with van der Waals surface area (Å²) in [7, 11) is 0. The van der Waals surface area contributed by atoms with Crippen LogP contribution in [0.25, 0.3) is 0 Å². The normalized spacial score (nSPS) is 10.1. The molecule has 0 fully saturated rings. The maximum atomic E-state index is 11.9. The lowest BCUT2D eigenvalue weighted by atomic mass is 10.1. The fourth-order valence-corrected chi connectivity index (χ4v) is 2.11. The van der Waals surface area contributed by atoms with Crippen molar-refractivity contribution in [1.29, 1.82) is 0 Å². The Labute approximate surface area is 128 Å². The predicted octanol–water partition coefficient (Wildman–Crippen LogP) is 3.54. The second kappa shape index (κ2) is 6.63. The zero-order valence-electron chi connectivity index (χ0n) is 10.2. The molecule has 0 atom stereocenters. The van der Waals surface area contributed by atoms with Crippen LogP contribution in [0.3, 0.4) is 0 Å². The van der Waals surface area contributed by atoms with E-state index in [-0.39, 0.29) is 18.0 Å². The zero-order chi connectivity index (χ0) is 14.5. The lowest BCUT2D eigenvalue weighted by Gasteiger charge is -2.05. The summed E-state index contributed by atoms with van der Waals surface area (Å²) >= 11 is 9.10. The molecule has 0 unspecified atom stereocenters. The topological polar surface area (TPSA) is 56.3 Å². The van der Waals surface area contributed by atoms with E-state index in [0.717, 1.165) is 0 Å². The Morgan fingerprint density at radius 1 is 1.25 bits per heavy atom. The molecule has 0 amide bonds. The van der Waals surface area contributed by atoms with E-state index in [0.29, 0.717) is 15.1 Å². The minimum atomic E-state index is -0.612. The molecule has 1 aromatic carbocycles. The summed E-state index contributed by atoms with van der Waals surface area (Å²) in [4.78, 5) is 27.5. The number of Topliss-reactive ketones (excluding diaryl/α,β-unsaturated/α-hetero) is 1. The first kappa shape index (κ1) is 14.7. The Bertz CT molecular complexity index is 660. The Morgan fingerprint density at radius 2 is 2.00 bits per heavy atom. The van der Waals surface area contributed by atoms with Gasteiger partial charge in [0, 0.05) is 22.4 Å². The molecule has 1 aromatic heterocycles. The molecule has 0 aliphatic heterocycles. The summed E-state index contributed by atoms with van der Waals surface area (Å²) in [6.45, 7) is -0.366. The van der Waals surface area contributed by atoms with Crippen molar-refractivity contribution in [2.24, 2.45) is 0 Å².